The van der Waals surface area contributed by atoms with Gasteiger partial charge in [0.15, 0.2) is 0 Å². The summed E-state index contributed by atoms with van der Waals surface area (Å²) in [5.74, 6) is -1.34. The number of anilines is 3. The van der Waals surface area contributed by atoms with Gasteiger partial charge in [0.2, 0.25) is 0 Å². The maximum absolute atomic E-state index is 13.2. The highest BCUT2D eigenvalue weighted by atomic mass is 19.1. The molecule has 32 heavy (non-hydrogen) atoms. The molecule has 3 aromatic rings. The van der Waals surface area contributed by atoms with E-state index in [-0.39, 0.29) is 17.3 Å². The normalized spacial score (nSPS) is 13.7. The smallest absolute Gasteiger partial charge is 0.339 e. The monoisotopic (exact) mass is 434 g/mol. The lowest BCUT2D eigenvalue weighted by Gasteiger charge is -2.37. The number of benzene rings is 2. The standard InChI is InChI=1S/C24H23FN4O3/c1-16-4-2-3-5-20(16)23(30)27-18-14-21(24(31)32)22(26-15-18)29-12-10-28(11-13-29)19-8-6-17(25)7-9-19/h2-9,14-15H,10-13H2,1H3,(H,27,30)(H,31,32). The number of amides is 1. The number of carboxylic acid groups (broad SMARTS) is 1. The van der Waals surface area contributed by atoms with E-state index in [9.17, 15) is 19.1 Å². The summed E-state index contributed by atoms with van der Waals surface area (Å²) in [6.45, 7) is 4.28. The lowest BCUT2D eigenvalue weighted by atomic mass is 10.1. The zero-order chi connectivity index (χ0) is 22.7. The highest BCUT2D eigenvalue weighted by Gasteiger charge is 2.24. The van der Waals surface area contributed by atoms with Crippen LogP contribution in [-0.2, 0) is 0 Å². The summed E-state index contributed by atoms with van der Waals surface area (Å²) in [6.07, 6.45) is 1.48. The molecular weight excluding hydrogens is 411 g/mol. The molecule has 1 fully saturated rings. The Bertz CT molecular complexity index is 1140. The molecule has 1 amide bonds. The third-order valence-electron chi connectivity index (χ3n) is 5.52. The molecule has 4 rings (SSSR count). The number of hydrogen-bond acceptors (Lipinski definition) is 5. The quantitative estimate of drug-likeness (QED) is 0.635. The van der Waals surface area contributed by atoms with Gasteiger partial charge in [-0.15, -0.1) is 0 Å². The predicted molar refractivity (Wildman–Crippen MR) is 121 cm³/mol. The third kappa shape index (κ3) is 4.54. The summed E-state index contributed by atoms with van der Waals surface area (Å²) < 4.78 is 13.2. The largest absolute Gasteiger partial charge is 0.478 e. The van der Waals surface area contributed by atoms with Gasteiger partial charge in [-0.05, 0) is 48.9 Å². The minimum atomic E-state index is -1.11. The average Bonchev–Trinajstić information content (AvgIpc) is 2.80. The molecule has 1 aliphatic rings. The van der Waals surface area contributed by atoms with Crippen molar-refractivity contribution in [3.8, 4) is 0 Å². The number of halogens is 1. The van der Waals surface area contributed by atoms with Gasteiger partial charge >= 0.3 is 5.97 Å². The number of piperazine rings is 1. The number of rotatable bonds is 5. The predicted octanol–water partition coefficient (Wildman–Crippen LogP) is 3.81. The number of nitrogens with one attached hydrogen (secondary N) is 1. The zero-order valence-electron chi connectivity index (χ0n) is 17.6. The number of aryl methyl sites for hydroxylation is 1. The summed E-state index contributed by atoms with van der Waals surface area (Å²) in [5.41, 5.74) is 2.62. The molecule has 0 atom stereocenters. The van der Waals surface area contributed by atoms with Crippen molar-refractivity contribution in [2.24, 2.45) is 0 Å². The van der Waals surface area contributed by atoms with Gasteiger partial charge in [-0.25, -0.2) is 14.2 Å². The van der Waals surface area contributed by atoms with E-state index >= 15 is 0 Å². The van der Waals surface area contributed by atoms with Crippen LogP contribution in [0.25, 0.3) is 0 Å². The van der Waals surface area contributed by atoms with Gasteiger partial charge in [0.25, 0.3) is 5.91 Å². The van der Waals surface area contributed by atoms with Crippen LogP contribution in [0.5, 0.6) is 0 Å². The van der Waals surface area contributed by atoms with Crippen LogP contribution in [0.2, 0.25) is 0 Å². The number of carbonyl (C=O) groups is 2. The van der Waals surface area contributed by atoms with Gasteiger partial charge < -0.3 is 20.2 Å². The number of aromatic nitrogens is 1. The van der Waals surface area contributed by atoms with E-state index in [1.54, 1.807) is 24.3 Å². The van der Waals surface area contributed by atoms with E-state index in [1.807, 2.05) is 24.0 Å². The molecule has 0 saturated carbocycles. The Kier molecular flexibility index (Phi) is 6.02. The van der Waals surface area contributed by atoms with Crippen molar-refractivity contribution in [1.29, 1.82) is 0 Å². The fourth-order valence-electron chi connectivity index (χ4n) is 3.79. The zero-order valence-corrected chi connectivity index (χ0v) is 17.6. The lowest BCUT2D eigenvalue weighted by molar-refractivity contribution is 0.0696. The fourth-order valence-corrected chi connectivity index (χ4v) is 3.79. The second kappa shape index (κ2) is 9.05. The van der Waals surface area contributed by atoms with Crippen LogP contribution >= 0.6 is 0 Å². The van der Waals surface area contributed by atoms with Crippen molar-refractivity contribution < 1.29 is 19.1 Å². The van der Waals surface area contributed by atoms with Gasteiger partial charge in [0, 0.05) is 37.4 Å². The topological polar surface area (TPSA) is 85.8 Å². The highest BCUT2D eigenvalue weighted by molar-refractivity contribution is 6.06. The SMILES string of the molecule is Cc1ccccc1C(=O)Nc1cnc(N2CCN(c3ccc(F)cc3)CC2)c(C(=O)O)c1. The van der Waals surface area contributed by atoms with E-state index in [1.165, 1.54) is 24.4 Å². The molecule has 8 heteroatoms. The first-order valence-corrected chi connectivity index (χ1v) is 10.3. The van der Waals surface area contributed by atoms with Gasteiger partial charge in [0.05, 0.1) is 11.9 Å². The molecule has 0 spiro atoms. The molecule has 2 aromatic carbocycles. The third-order valence-corrected chi connectivity index (χ3v) is 5.52. The van der Waals surface area contributed by atoms with Crippen molar-refractivity contribution in [3.63, 3.8) is 0 Å². The summed E-state index contributed by atoms with van der Waals surface area (Å²) in [4.78, 5) is 32.9. The number of carbonyl (C=O) groups excluding carboxylic acids is 1. The maximum Gasteiger partial charge on any atom is 0.339 e. The number of hydrogen-bond donors (Lipinski definition) is 2. The molecule has 0 aliphatic carbocycles. The molecule has 1 saturated heterocycles. The molecule has 2 heterocycles. The first-order chi connectivity index (χ1) is 15.4. The maximum atomic E-state index is 13.2. The van der Waals surface area contributed by atoms with Crippen LogP contribution in [0, 0.1) is 12.7 Å². The van der Waals surface area contributed by atoms with Crippen LogP contribution < -0.4 is 15.1 Å². The molecule has 2 N–H and O–H groups in total. The van der Waals surface area contributed by atoms with E-state index in [2.05, 4.69) is 15.2 Å². The summed E-state index contributed by atoms with van der Waals surface area (Å²) in [6, 6.07) is 14.9. The second-order valence-electron chi connectivity index (χ2n) is 7.62. The van der Waals surface area contributed by atoms with E-state index in [0.717, 1.165) is 11.3 Å². The summed E-state index contributed by atoms with van der Waals surface area (Å²) >= 11 is 0. The first kappa shape index (κ1) is 21.3. The molecule has 0 unspecified atom stereocenters. The molecule has 0 radical (unpaired) electrons. The van der Waals surface area contributed by atoms with E-state index in [4.69, 9.17) is 0 Å². The van der Waals surface area contributed by atoms with E-state index < -0.39 is 5.97 Å². The second-order valence-corrected chi connectivity index (χ2v) is 7.62. The number of nitrogens with zero attached hydrogens (tertiary/aromatic N) is 3. The van der Waals surface area contributed by atoms with Crippen molar-refractivity contribution in [2.75, 3.05) is 41.3 Å². The van der Waals surface area contributed by atoms with Crippen LogP contribution in [0.3, 0.4) is 0 Å². The van der Waals surface area contributed by atoms with Gasteiger partial charge in [-0.1, -0.05) is 18.2 Å². The summed E-state index contributed by atoms with van der Waals surface area (Å²) in [5, 5.41) is 12.5. The molecule has 1 aliphatic heterocycles. The minimum absolute atomic E-state index is 0.0304. The van der Waals surface area contributed by atoms with Crippen LogP contribution in [-0.4, -0.2) is 48.1 Å². The Hall–Kier alpha value is -3.94. The van der Waals surface area contributed by atoms with Crippen molar-refractivity contribution in [2.45, 2.75) is 6.92 Å². The fraction of sp³-hybridized carbons (Fsp3) is 0.208. The van der Waals surface area contributed by atoms with Gasteiger partial charge in [-0.3, -0.25) is 4.79 Å². The minimum Gasteiger partial charge on any atom is -0.478 e. The van der Waals surface area contributed by atoms with Crippen LogP contribution in [0.1, 0.15) is 26.3 Å². The van der Waals surface area contributed by atoms with Gasteiger partial charge in [0.1, 0.15) is 17.2 Å². The lowest BCUT2D eigenvalue weighted by Crippen LogP contribution is -2.47. The highest BCUT2D eigenvalue weighted by Crippen LogP contribution is 2.25. The number of carboxylic acids is 1. The Morgan fingerprint density at radius 3 is 2.28 bits per heavy atom. The Morgan fingerprint density at radius 2 is 1.62 bits per heavy atom. The number of pyridine rings is 1. The Morgan fingerprint density at radius 1 is 0.969 bits per heavy atom. The van der Waals surface area contributed by atoms with E-state index in [0.29, 0.717) is 43.2 Å². The Balaban J connectivity index is 1.49. The molecule has 0 bridgehead atoms. The molecule has 164 valence electrons. The molecule has 1 aromatic heterocycles. The first-order valence-electron chi connectivity index (χ1n) is 10.3. The molecular formula is C24H23FN4O3. The molecule has 7 nitrogen and oxygen atoms in total. The van der Waals surface area contributed by atoms with Crippen molar-refractivity contribution in [3.05, 3.63) is 83.3 Å². The van der Waals surface area contributed by atoms with Gasteiger partial charge in [-0.2, -0.15) is 0 Å². The van der Waals surface area contributed by atoms with Crippen molar-refractivity contribution >= 4 is 29.1 Å². The van der Waals surface area contributed by atoms with Crippen LogP contribution in [0.15, 0.2) is 60.8 Å². The summed E-state index contributed by atoms with van der Waals surface area (Å²) in [7, 11) is 0. The van der Waals surface area contributed by atoms with Crippen molar-refractivity contribution in [1.82, 2.24) is 4.98 Å². The average molecular weight is 434 g/mol. The van der Waals surface area contributed by atoms with Crippen LogP contribution in [0.4, 0.5) is 21.6 Å². The number of aromatic carboxylic acids is 1. The Labute approximate surface area is 185 Å².